The number of ether oxygens (including phenoxy) is 1. The van der Waals surface area contributed by atoms with Gasteiger partial charge < -0.3 is 40.9 Å². The highest BCUT2D eigenvalue weighted by Gasteiger charge is 2.31. The van der Waals surface area contributed by atoms with Gasteiger partial charge in [0.1, 0.15) is 0 Å². The van der Waals surface area contributed by atoms with Crippen LogP contribution in [0, 0.1) is 23.7 Å². The average Bonchev–Trinajstić information content (AvgIpc) is 3.31. The fourth-order valence-corrected chi connectivity index (χ4v) is 21.8. The van der Waals surface area contributed by atoms with Crippen molar-refractivity contribution in [2.45, 2.75) is 231 Å². The molecule has 0 aromatic heterocycles. The summed E-state index contributed by atoms with van der Waals surface area (Å²) in [5.41, 5.74) is -2.92. The van der Waals surface area contributed by atoms with E-state index < -0.39 is 28.4 Å². The van der Waals surface area contributed by atoms with Gasteiger partial charge in [-0.05, 0) is 103 Å². The Hall–Kier alpha value is 2.49. The van der Waals surface area contributed by atoms with Gasteiger partial charge in [0, 0.05) is 23.0 Å². The third kappa shape index (κ3) is 39.0. The Bertz CT molecular complexity index is 1110. The van der Waals surface area contributed by atoms with Crippen molar-refractivity contribution in [1.29, 1.82) is 0 Å². The van der Waals surface area contributed by atoms with Crippen molar-refractivity contribution in [2.24, 2.45) is 23.7 Å². The second-order valence-electron chi connectivity index (χ2n) is 18.1. The first-order chi connectivity index (χ1) is 32.6. The number of carbonyl (C=O) groups is 1. The molecule has 0 saturated carbocycles. The van der Waals surface area contributed by atoms with Crippen molar-refractivity contribution in [3.05, 3.63) is 0 Å². The number of hydrogen-bond donors (Lipinski definition) is 0. The van der Waals surface area contributed by atoms with E-state index in [1.165, 1.54) is 88.4 Å². The van der Waals surface area contributed by atoms with Gasteiger partial charge in [-0.1, -0.05) is 178 Å². The molecule has 0 aliphatic carbocycles. The van der Waals surface area contributed by atoms with E-state index in [2.05, 4.69) is 69.2 Å². The molecule has 0 aliphatic rings. The summed E-state index contributed by atoms with van der Waals surface area (Å²) >= 11 is 13.0. The fraction of sp³-hybridized carbons (Fsp3) is 0.980. The highest BCUT2D eigenvalue weighted by molar-refractivity contribution is 8.68. The molecule has 0 N–H and O–H groups in total. The zero-order valence-corrected chi connectivity index (χ0v) is 53.1. The van der Waals surface area contributed by atoms with E-state index in [1.807, 2.05) is 27.7 Å². The summed E-state index contributed by atoms with van der Waals surface area (Å²) in [5.74, 6) is 4.37. The van der Waals surface area contributed by atoms with Crippen LogP contribution in [0.25, 0.3) is 0 Å². The van der Waals surface area contributed by atoms with Gasteiger partial charge >= 0.3 is 5.97 Å². The molecule has 10 nitrogen and oxygen atoms in total. The van der Waals surface area contributed by atoms with E-state index in [4.69, 9.17) is 52.7 Å². The average molecular weight is 1140 g/mol. The molecular formula is C49H102O10P4S5. The van der Waals surface area contributed by atoms with E-state index >= 15 is 0 Å². The maximum Gasteiger partial charge on any atom is 0.306 e. The molecular weight excluding hydrogens is 1030 g/mol. The van der Waals surface area contributed by atoms with Gasteiger partial charge in [-0.2, -0.15) is 0 Å². The second-order valence-corrected chi connectivity index (χ2v) is 34.1. The number of esters is 1. The maximum atomic E-state index is 12.1. The Morgan fingerprint density at radius 3 is 1.22 bits per heavy atom. The first-order valence-corrected chi connectivity index (χ1v) is 39.1. The van der Waals surface area contributed by atoms with Crippen LogP contribution in [0.2, 0.25) is 0 Å². The molecule has 8 unspecified atom stereocenters. The molecule has 0 aromatic rings. The van der Waals surface area contributed by atoms with Gasteiger partial charge in [-0.25, -0.2) is 0 Å². The van der Waals surface area contributed by atoms with Crippen molar-refractivity contribution in [3.63, 3.8) is 0 Å². The molecule has 0 spiro atoms. The zero-order chi connectivity index (χ0) is 51.0. The Morgan fingerprint density at radius 2 is 0.897 bits per heavy atom. The first kappa shape index (κ1) is 70.5. The quantitative estimate of drug-likeness (QED) is 0.0426. The van der Waals surface area contributed by atoms with E-state index in [0.717, 1.165) is 52.1 Å². The molecule has 0 amide bonds. The van der Waals surface area contributed by atoms with Crippen LogP contribution in [0.1, 0.15) is 206 Å². The Balaban J connectivity index is 6.32. The van der Waals surface area contributed by atoms with Crippen molar-refractivity contribution in [3.8, 4) is 0 Å². The van der Waals surface area contributed by atoms with Crippen molar-refractivity contribution < 1.29 is 45.7 Å². The molecule has 0 heterocycles. The summed E-state index contributed by atoms with van der Waals surface area (Å²) in [5, 5.41) is 0. The minimum atomic E-state index is -2.92. The van der Waals surface area contributed by atoms with Crippen molar-refractivity contribution in [2.75, 3.05) is 56.0 Å². The largest absolute Gasteiger partial charge is 0.466 e. The van der Waals surface area contributed by atoms with Gasteiger partial charge in [-0.3, -0.25) is 4.79 Å². The molecule has 408 valence electrons. The Morgan fingerprint density at radius 1 is 0.515 bits per heavy atom. The van der Waals surface area contributed by atoms with E-state index in [-0.39, 0.29) is 30.4 Å². The summed E-state index contributed by atoms with van der Waals surface area (Å²) < 4.78 is 58.2. The molecule has 0 fully saturated rings. The van der Waals surface area contributed by atoms with Crippen LogP contribution in [0.5, 0.6) is 0 Å². The van der Waals surface area contributed by atoms with E-state index in [9.17, 15) is 4.79 Å². The van der Waals surface area contributed by atoms with Crippen molar-refractivity contribution >= 4 is 91.7 Å². The van der Waals surface area contributed by atoms with Crippen LogP contribution in [-0.4, -0.2) is 86.4 Å². The second kappa shape index (κ2) is 46.8. The number of carbonyl (C=O) groups excluding carboxylic acids is 1. The molecule has 0 bridgehead atoms. The van der Waals surface area contributed by atoms with Crippen LogP contribution in [0.3, 0.4) is 0 Å². The lowest BCUT2D eigenvalue weighted by Crippen LogP contribution is -2.17. The lowest BCUT2D eigenvalue weighted by atomic mass is 10.0. The lowest BCUT2D eigenvalue weighted by Gasteiger charge is -2.30. The van der Waals surface area contributed by atoms with Crippen LogP contribution < -0.4 is 0 Å². The number of hydrogen-bond acceptors (Lipinski definition) is 15. The summed E-state index contributed by atoms with van der Waals surface area (Å²) in [6.07, 6.45) is 18.4. The fourth-order valence-electron chi connectivity index (χ4n) is 6.47. The number of rotatable bonds is 50. The van der Waals surface area contributed by atoms with E-state index in [1.54, 1.807) is 34.1 Å². The van der Waals surface area contributed by atoms with Gasteiger partial charge in [-0.15, -0.1) is 0 Å². The van der Waals surface area contributed by atoms with Gasteiger partial charge in [0.2, 0.25) is 28.4 Å². The molecule has 19 heteroatoms. The third-order valence-corrected chi connectivity index (χ3v) is 26.6. The van der Waals surface area contributed by atoms with E-state index in [0.29, 0.717) is 59.7 Å². The third-order valence-electron chi connectivity index (χ3n) is 11.1. The van der Waals surface area contributed by atoms with Crippen LogP contribution in [0.4, 0.5) is 0 Å². The molecule has 68 heavy (non-hydrogen) atoms. The number of unbranched alkanes of at least 4 members (excludes halogenated alkanes) is 4. The molecule has 0 rings (SSSR count). The smallest absolute Gasteiger partial charge is 0.306 e. The highest BCUT2D eigenvalue weighted by atomic mass is 32.9. The predicted molar refractivity (Wildman–Crippen MR) is 311 cm³/mol. The first-order valence-electron chi connectivity index (χ1n) is 26.6. The standard InChI is InChI=1S/C49H102O10P4S5/c1-15-24-28-45(19-5)34-52-60(53-35-46(20-6)29-25-16-2)66-38-43(13)58-63(64,68-40-42(12)57-62(56-41(10)11)65-33-32-49(50)51-23-9)59-44(14)39-67-61(54-36-47(21-7)30-26-17-3)55-37-48(22-8)31-27-18-4/h41-48H,15-40H2,1-14H3. The normalized spacial score (nSPS) is 17.5. The monoisotopic (exact) mass is 1130 g/mol. The maximum absolute atomic E-state index is 12.1. The summed E-state index contributed by atoms with van der Waals surface area (Å²) in [4.78, 5) is 12.1. The van der Waals surface area contributed by atoms with Crippen LogP contribution >= 0.6 is 74.0 Å². The van der Waals surface area contributed by atoms with Crippen LogP contribution in [-0.2, 0) is 57.5 Å². The van der Waals surface area contributed by atoms with Gasteiger partial charge in [0.05, 0.1) is 63.9 Å². The van der Waals surface area contributed by atoms with Gasteiger partial charge in [0.15, 0.2) is 0 Å². The summed E-state index contributed by atoms with van der Waals surface area (Å²) in [6, 6.07) is 0. The SMILES string of the molecule is CCCCC(CC)COP(OCC(CC)CCCC)SCC(C)OP(=S)(OC(C)CSP(OCC(CC)CCCC)OCC(CC)CCCC)SCC(C)OP(OC(C)C)SCCC(=O)OCC. The predicted octanol–water partition coefficient (Wildman–Crippen LogP) is 19.3. The summed E-state index contributed by atoms with van der Waals surface area (Å²) in [6.45, 7) is 33.4. The molecule has 8 atom stereocenters. The zero-order valence-electron chi connectivity index (χ0n) is 45.4. The van der Waals surface area contributed by atoms with Crippen molar-refractivity contribution in [1.82, 2.24) is 0 Å². The summed E-state index contributed by atoms with van der Waals surface area (Å²) in [7, 11) is -3.65. The molecule has 0 saturated heterocycles. The lowest BCUT2D eigenvalue weighted by molar-refractivity contribution is -0.142. The topological polar surface area (TPSA) is 100 Å². The molecule has 0 aliphatic heterocycles. The highest BCUT2D eigenvalue weighted by Crippen LogP contribution is 2.65. The molecule has 0 radical (unpaired) electrons. The minimum absolute atomic E-state index is 0.0244. The molecule has 0 aromatic carbocycles. The van der Waals surface area contributed by atoms with Crippen LogP contribution in [0.15, 0.2) is 0 Å². The van der Waals surface area contributed by atoms with Gasteiger partial charge in [0.25, 0.3) is 0 Å². The Kier molecular flexibility index (Phi) is 48.5. The minimum Gasteiger partial charge on any atom is -0.466 e. The Labute approximate surface area is 444 Å².